The normalized spacial score (nSPS) is 13.1. The summed E-state index contributed by atoms with van der Waals surface area (Å²) in [4.78, 5) is 29.5. The molecule has 0 unspecified atom stereocenters. The molecule has 1 aliphatic heterocycles. The van der Waals surface area contributed by atoms with Crippen molar-refractivity contribution in [3.8, 4) is 17.4 Å². The number of aromatic nitrogens is 3. The lowest BCUT2D eigenvalue weighted by Gasteiger charge is -2.05. The Morgan fingerprint density at radius 1 is 1.31 bits per heavy atom. The number of benzene rings is 1. The van der Waals surface area contributed by atoms with E-state index >= 15 is 0 Å². The Kier molecular flexibility index (Phi) is 4.97. The zero-order chi connectivity index (χ0) is 20.5. The summed E-state index contributed by atoms with van der Waals surface area (Å²) in [6, 6.07) is 3.57. The number of amides is 1. The van der Waals surface area contributed by atoms with Crippen molar-refractivity contribution in [2.24, 2.45) is 12.0 Å². The van der Waals surface area contributed by atoms with Crippen LogP contribution in [0.5, 0.6) is 17.4 Å². The van der Waals surface area contributed by atoms with Crippen LogP contribution in [0.15, 0.2) is 23.3 Å². The van der Waals surface area contributed by atoms with E-state index in [0.717, 1.165) is 4.70 Å². The van der Waals surface area contributed by atoms with E-state index in [0.29, 0.717) is 21.8 Å². The predicted octanol–water partition coefficient (Wildman–Crippen LogP) is 1.48. The second kappa shape index (κ2) is 7.59. The Balaban J connectivity index is 1.84. The molecule has 1 aromatic carbocycles. The molecule has 1 aliphatic rings. The number of fused-ring (bicyclic) bond motifs is 2. The summed E-state index contributed by atoms with van der Waals surface area (Å²) in [6.07, 6.45) is 1.53. The number of ether oxygens (including phenoxy) is 4. The number of carbonyl (C=O) groups excluding carboxylic acids is 2. The van der Waals surface area contributed by atoms with Crippen molar-refractivity contribution in [3.05, 3.63) is 28.7 Å². The van der Waals surface area contributed by atoms with Crippen LogP contribution >= 0.6 is 11.3 Å². The van der Waals surface area contributed by atoms with E-state index in [9.17, 15) is 9.59 Å². The van der Waals surface area contributed by atoms with Crippen molar-refractivity contribution in [1.82, 2.24) is 14.3 Å². The van der Waals surface area contributed by atoms with Crippen LogP contribution in [0.1, 0.15) is 17.3 Å². The van der Waals surface area contributed by atoms with Crippen LogP contribution in [0.4, 0.5) is 0 Å². The van der Waals surface area contributed by atoms with E-state index < -0.39 is 11.9 Å². The standard InChI is InChI=1S/C18H18N4O6S/c1-4-26-15(23)8-22-11-5-12-13(28-9-27-12)6-14(11)29-18(22)19-16(24)10-7-21(2)20-17(10)25-3/h5-7H,4,8-9H2,1-3H3. The summed E-state index contributed by atoms with van der Waals surface area (Å²) in [6.45, 7) is 2.03. The van der Waals surface area contributed by atoms with Gasteiger partial charge in [0.15, 0.2) is 16.3 Å². The minimum atomic E-state index is -0.529. The quantitative estimate of drug-likeness (QED) is 0.578. The molecular weight excluding hydrogens is 400 g/mol. The number of rotatable bonds is 5. The Bertz CT molecular complexity index is 1180. The smallest absolute Gasteiger partial charge is 0.326 e. The monoisotopic (exact) mass is 418 g/mol. The van der Waals surface area contributed by atoms with Crippen LogP contribution in [0.25, 0.3) is 10.2 Å². The third-order valence-corrected chi connectivity index (χ3v) is 5.23. The minimum absolute atomic E-state index is 0.0935. The molecule has 4 rings (SSSR count). The molecule has 11 heteroatoms. The Morgan fingerprint density at radius 3 is 2.79 bits per heavy atom. The molecule has 0 radical (unpaired) electrons. The van der Waals surface area contributed by atoms with Crippen molar-refractivity contribution in [1.29, 1.82) is 0 Å². The average Bonchev–Trinajstić information content (AvgIpc) is 3.37. The van der Waals surface area contributed by atoms with Gasteiger partial charge in [0.2, 0.25) is 12.7 Å². The van der Waals surface area contributed by atoms with Crippen molar-refractivity contribution in [2.45, 2.75) is 13.5 Å². The van der Waals surface area contributed by atoms with E-state index in [1.165, 1.54) is 29.3 Å². The van der Waals surface area contributed by atoms with Crippen LogP contribution in [0, 0.1) is 0 Å². The van der Waals surface area contributed by atoms with Crippen molar-refractivity contribution in [2.75, 3.05) is 20.5 Å². The summed E-state index contributed by atoms with van der Waals surface area (Å²) in [5.74, 6) is 0.394. The highest BCUT2D eigenvalue weighted by Gasteiger charge is 2.21. The molecule has 152 valence electrons. The summed E-state index contributed by atoms with van der Waals surface area (Å²) in [5.41, 5.74) is 0.918. The number of esters is 1. The third kappa shape index (κ3) is 3.56. The van der Waals surface area contributed by atoms with Gasteiger partial charge in [-0.05, 0) is 6.92 Å². The van der Waals surface area contributed by atoms with Crippen molar-refractivity contribution in [3.63, 3.8) is 0 Å². The molecule has 3 aromatic rings. The van der Waals surface area contributed by atoms with E-state index in [2.05, 4.69) is 10.1 Å². The van der Waals surface area contributed by atoms with Gasteiger partial charge in [-0.25, -0.2) is 0 Å². The molecule has 0 atom stereocenters. The zero-order valence-electron chi connectivity index (χ0n) is 16.0. The number of hydrogen-bond acceptors (Lipinski definition) is 8. The van der Waals surface area contributed by atoms with E-state index in [4.69, 9.17) is 18.9 Å². The number of carbonyl (C=O) groups is 2. The van der Waals surface area contributed by atoms with Crippen LogP contribution in [0.3, 0.4) is 0 Å². The van der Waals surface area contributed by atoms with E-state index in [1.807, 2.05) is 0 Å². The second-order valence-corrected chi connectivity index (χ2v) is 7.10. The summed E-state index contributed by atoms with van der Waals surface area (Å²) >= 11 is 1.26. The molecule has 2 aromatic heterocycles. The van der Waals surface area contributed by atoms with Crippen molar-refractivity contribution < 1.29 is 28.5 Å². The SMILES string of the molecule is CCOC(=O)Cn1c(=NC(=O)c2cn(C)nc2OC)sc2cc3c(cc21)OCO3. The van der Waals surface area contributed by atoms with Gasteiger partial charge in [0.05, 0.1) is 23.9 Å². The van der Waals surface area contributed by atoms with Crippen LogP contribution in [-0.2, 0) is 23.1 Å². The van der Waals surface area contributed by atoms with Crippen molar-refractivity contribution >= 4 is 33.4 Å². The first-order valence-corrected chi connectivity index (χ1v) is 9.57. The highest BCUT2D eigenvalue weighted by atomic mass is 32.1. The molecule has 0 aliphatic carbocycles. The van der Waals surface area contributed by atoms with Gasteiger partial charge in [0, 0.05) is 25.4 Å². The van der Waals surface area contributed by atoms with Gasteiger partial charge in [0.25, 0.3) is 5.91 Å². The third-order valence-electron chi connectivity index (χ3n) is 4.19. The fourth-order valence-corrected chi connectivity index (χ4v) is 3.98. The number of thiazole rings is 1. The molecule has 29 heavy (non-hydrogen) atoms. The maximum absolute atomic E-state index is 12.8. The molecular formula is C18H18N4O6S. The Morgan fingerprint density at radius 2 is 2.07 bits per heavy atom. The first kappa shape index (κ1) is 19.0. The van der Waals surface area contributed by atoms with Gasteiger partial charge >= 0.3 is 5.97 Å². The van der Waals surface area contributed by atoms with Crippen LogP contribution in [0.2, 0.25) is 0 Å². The molecule has 3 heterocycles. The molecule has 1 amide bonds. The largest absolute Gasteiger partial charge is 0.479 e. The lowest BCUT2D eigenvalue weighted by atomic mass is 10.3. The van der Waals surface area contributed by atoms with Crippen LogP contribution < -0.4 is 19.0 Å². The molecule has 10 nitrogen and oxygen atoms in total. The molecule has 0 bridgehead atoms. The fraction of sp³-hybridized carbons (Fsp3) is 0.333. The topological polar surface area (TPSA) is 106 Å². The fourth-order valence-electron chi connectivity index (χ4n) is 2.95. The molecule has 0 saturated heterocycles. The van der Waals surface area contributed by atoms with Gasteiger partial charge in [-0.2, -0.15) is 4.99 Å². The lowest BCUT2D eigenvalue weighted by Crippen LogP contribution is -2.23. The summed E-state index contributed by atoms with van der Waals surface area (Å²) in [7, 11) is 3.11. The lowest BCUT2D eigenvalue weighted by molar-refractivity contribution is -0.143. The highest BCUT2D eigenvalue weighted by molar-refractivity contribution is 7.16. The maximum atomic E-state index is 12.8. The van der Waals surface area contributed by atoms with E-state index in [1.54, 1.807) is 30.7 Å². The first-order chi connectivity index (χ1) is 14.0. The highest BCUT2D eigenvalue weighted by Crippen LogP contribution is 2.37. The molecule has 0 spiro atoms. The Labute approximate surface area is 168 Å². The minimum Gasteiger partial charge on any atom is -0.479 e. The average molecular weight is 418 g/mol. The molecule has 0 fully saturated rings. The maximum Gasteiger partial charge on any atom is 0.326 e. The van der Waals surface area contributed by atoms with Gasteiger partial charge in [-0.15, -0.1) is 5.10 Å². The van der Waals surface area contributed by atoms with Gasteiger partial charge < -0.3 is 23.5 Å². The molecule has 0 N–H and O–H groups in total. The molecule has 0 saturated carbocycles. The van der Waals surface area contributed by atoms with Gasteiger partial charge in [0.1, 0.15) is 12.1 Å². The van der Waals surface area contributed by atoms with Gasteiger partial charge in [-0.3, -0.25) is 14.3 Å². The number of aryl methyl sites for hydroxylation is 1. The number of nitrogens with zero attached hydrogens (tertiary/aromatic N) is 4. The summed E-state index contributed by atoms with van der Waals surface area (Å²) in [5, 5.41) is 4.07. The Hall–Kier alpha value is -3.34. The van der Waals surface area contributed by atoms with Gasteiger partial charge in [-0.1, -0.05) is 11.3 Å². The zero-order valence-corrected chi connectivity index (χ0v) is 16.8. The second-order valence-electron chi connectivity index (χ2n) is 6.09. The first-order valence-electron chi connectivity index (χ1n) is 8.75. The van der Waals surface area contributed by atoms with Crippen LogP contribution in [-0.4, -0.2) is 46.7 Å². The summed E-state index contributed by atoms with van der Waals surface area (Å²) < 4.78 is 25.0. The predicted molar refractivity (Wildman–Crippen MR) is 102 cm³/mol. The number of hydrogen-bond donors (Lipinski definition) is 0. The van der Waals surface area contributed by atoms with E-state index in [-0.39, 0.29) is 31.4 Å². The number of methoxy groups -OCH3 is 1.